The molecule has 4 saturated heterocycles. The Labute approximate surface area is 293 Å². The fraction of sp³-hybridized carbons (Fsp3) is 0.703. The highest BCUT2D eigenvalue weighted by molar-refractivity contribution is 6.31. The van der Waals surface area contributed by atoms with Crippen LogP contribution in [0.25, 0.3) is 0 Å². The number of amides is 1. The first kappa shape index (κ1) is 33.3. The Bertz CT molecular complexity index is 1610. The second-order valence-electron chi connectivity index (χ2n) is 16.2. The van der Waals surface area contributed by atoms with Gasteiger partial charge < -0.3 is 23.8 Å². The third kappa shape index (κ3) is 6.01. The molecular weight excluding hydrogens is 649 g/mol. The summed E-state index contributed by atoms with van der Waals surface area (Å²) < 4.78 is 38.0. The van der Waals surface area contributed by atoms with Crippen LogP contribution in [0.15, 0.2) is 12.1 Å². The fourth-order valence-electron chi connectivity index (χ4n) is 9.82. The quantitative estimate of drug-likeness (QED) is 0.322. The largest absolute Gasteiger partial charge is 0.468 e. The summed E-state index contributed by atoms with van der Waals surface area (Å²) in [4.78, 5) is 30.1. The van der Waals surface area contributed by atoms with E-state index in [0.717, 1.165) is 80.9 Å². The highest BCUT2D eigenvalue weighted by atomic mass is 35.5. The van der Waals surface area contributed by atoms with Crippen molar-refractivity contribution in [3.05, 3.63) is 39.5 Å². The van der Waals surface area contributed by atoms with Crippen LogP contribution in [0.5, 0.6) is 11.8 Å². The minimum absolute atomic E-state index is 0.0544. The van der Waals surface area contributed by atoms with Gasteiger partial charge >= 0.3 is 12.1 Å². The molecule has 0 saturated carbocycles. The summed E-state index contributed by atoms with van der Waals surface area (Å²) in [6.45, 7) is 9.04. The number of ether oxygens (including phenoxy) is 4. The molecule has 6 aliphatic rings. The molecule has 2 bridgehead atoms. The van der Waals surface area contributed by atoms with Crippen molar-refractivity contribution >= 4 is 23.5 Å². The normalized spacial score (nSPS) is 30.4. The lowest BCUT2D eigenvalue weighted by atomic mass is 9.69. The van der Waals surface area contributed by atoms with Gasteiger partial charge in [0.15, 0.2) is 6.79 Å². The molecule has 0 radical (unpaired) electrons. The molecule has 1 aromatic carbocycles. The average Bonchev–Trinajstić information content (AvgIpc) is 3.76. The second-order valence-corrected chi connectivity index (χ2v) is 16.6. The molecule has 1 amide bonds. The number of anilines is 1. The summed E-state index contributed by atoms with van der Waals surface area (Å²) in [5.41, 5.74) is 3.65. The van der Waals surface area contributed by atoms with Crippen molar-refractivity contribution in [3.8, 4) is 11.8 Å². The third-order valence-electron chi connectivity index (χ3n) is 12.0. The van der Waals surface area contributed by atoms with E-state index in [0.29, 0.717) is 44.4 Å². The predicted molar refractivity (Wildman–Crippen MR) is 184 cm³/mol. The summed E-state index contributed by atoms with van der Waals surface area (Å²) in [5.74, 6) is 1.63. The number of fused-ring (bicyclic) bond motifs is 6. The van der Waals surface area contributed by atoms with Gasteiger partial charge in [0.1, 0.15) is 29.9 Å². The standard InChI is InChI=1S/C37H49ClFN5O5/c1-35(2,3)49-34(45)44-24-6-7-25(44)20-42(19-24)32-28-9-12-36(11-8-27-29(36)14-26(15-30(27)38)48-22-46-4)17-31(28)40-33(41-32)47-21-37-10-5-13-43(37)18-23(39)16-37/h14-15,23-25H,5-13,16-22H2,1-4H3/t23-,24?,25?,36?,37+/m1/s1. The van der Waals surface area contributed by atoms with Gasteiger partial charge in [0.25, 0.3) is 0 Å². The molecule has 0 N–H and O–H groups in total. The molecule has 2 aromatic rings. The maximum Gasteiger partial charge on any atom is 0.410 e. The van der Waals surface area contributed by atoms with Crippen molar-refractivity contribution in [2.75, 3.05) is 51.6 Å². The Kier molecular flexibility index (Phi) is 8.42. The molecule has 4 fully saturated rings. The first-order valence-corrected chi connectivity index (χ1v) is 18.5. The predicted octanol–water partition coefficient (Wildman–Crippen LogP) is 6.03. The van der Waals surface area contributed by atoms with Gasteiger partial charge in [0, 0.05) is 49.2 Å². The van der Waals surface area contributed by atoms with Gasteiger partial charge in [0.2, 0.25) is 0 Å². The number of halogens is 2. The zero-order valence-electron chi connectivity index (χ0n) is 29.2. The Balaban J connectivity index is 1.12. The lowest BCUT2D eigenvalue weighted by Crippen LogP contribution is -2.57. The van der Waals surface area contributed by atoms with Crippen LogP contribution < -0.4 is 14.4 Å². The smallest absolute Gasteiger partial charge is 0.410 e. The molecule has 10 nitrogen and oxygen atoms in total. The molecule has 2 aliphatic carbocycles. The van der Waals surface area contributed by atoms with Crippen molar-refractivity contribution in [1.29, 1.82) is 0 Å². The number of methoxy groups -OCH3 is 1. The summed E-state index contributed by atoms with van der Waals surface area (Å²) in [6.07, 6.45) is 7.72. The van der Waals surface area contributed by atoms with Crippen molar-refractivity contribution < 1.29 is 28.1 Å². The minimum Gasteiger partial charge on any atom is -0.468 e. The van der Waals surface area contributed by atoms with Crippen molar-refractivity contribution in [2.45, 2.75) is 120 Å². The lowest BCUT2D eigenvalue weighted by molar-refractivity contribution is 0.0122. The first-order valence-electron chi connectivity index (χ1n) is 18.1. The maximum absolute atomic E-state index is 14.6. The molecule has 1 spiro atoms. The molecule has 5 atom stereocenters. The Morgan fingerprint density at radius 3 is 2.53 bits per heavy atom. The SMILES string of the molecule is COCOc1cc(Cl)c2c(c1)C1(CC2)CCc2c(nc(OC[C@@]34CCCN3C[C@H](F)C4)nc2N2CC3CCC(C2)N3C(=O)OC(C)(C)C)C1. The van der Waals surface area contributed by atoms with Crippen LogP contribution in [-0.4, -0.2) is 102 Å². The van der Waals surface area contributed by atoms with E-state index in [1.807, 2.05) is 31.7 Å². The van der Waals surface area contributed by atoms with Gasteiger partial charge in [-0.2, -0.15) is 9.97 Å². The molecule has 1 aromatic heterocycles. The van der Waals surface area contributed by atoms with Gasteiger partial charge in [-0.15, -0.1) is 0 Å². The number of aromatic nitrogens is 2. The zero-order valence-corrected chi connectivity index (χ0v) is 30.0. The maximum atomic E-state index is 14.6. The van der Waals surface area contributed by atoms with Crippen LogP contribution in [0.3, 0.4) is 0 Å². The number of nitrogens with zero attached hydrogens (tertiary/aromatic N) is 5. The first-order chi connectivity index (χ1) is 23.5. The van der Waals surface area contributed by atoms with E-state index in [9.17, 15) is 9.18 Å². The van der Waals surface area contributed by atoms with Gasteiger partial charge in [-0.05, 0) is 108 Å². The van der Waals surface area contributed by atoms with E-state index in [1.54, 1.807) is 7.11 Å². The van der Waals surface area contributed by atoms with E-state index in [4.69, 9.17) is 40.5 Å². The molecule has 8 rings (SSSR count). The monoisotopic (exact) mass is 697 g/mol. The minimum atomic E-state index is -0.826. The average molecular weight is 698 g/mol. The highest BCUT2D eigenvalue weighted by Gasteiger charge is 2.50. The number of rotatable bonds is 7. The van der Waals surface area contributed by atoms with Gasteiger partial charge in [-0.25, -0.2) is 9.18 Å². The van der Waals surface area contributed by atoms with Crippen LogP contribution >= 0.6 is 11.6 Å². The topological polar surface area (TPSA) is 89.5 Å². The molecule has 12 heteroatoms. The molecule has 49 heavy (non-hydrogen) atoms. The Hall–Kier alpha value is -2.89. The number of alkyl halides is 1. The van der Waals surface area contributed by atoms with Crippen LogP contribution in [0, 0.1) is 0 Å². The van der Waals surface area contributed by atoms with Crippen LogP contribution in [-0.2, 0) is 34.2 Å². The van der Waals surface area contributed by atoms with Crippen molar-refractivity contribution in [2.24, 2.45) is 0 Å². The van der Waals surface area contributed by atoms with Crippen LogP contribution in [0.2, 0.25) is 5.02 Å². The van der Waals surface area contributed by atoms with Gasteiger partial charge in [0.05, 0.1) is 23.3 Å². The van der Waals surface area contributed by atoms with Gasteiger partial charge in [-0.1, -0.05) is 11.6 Å². The second kappa shape index (κ2) is 12.4. The van der Waals surface area contributed by atoms with E-state index in [-0.39, 0.29) is 35.9 Å². The summed E-state index contributed by atoms with van der Waals surface area (Å²) in [5, 5.41) is 0.736. The third-order valence-corrected chi connectivity index (χ3v) is 12.3. The summed E-state index contributed by atoms with van der Waals surface area (Å²) >= 11 is 6.83. The highest BCUT2D eigenvalue weighted by Crippen LogP contribution is 2.52. The summed E-state index contributed by atoms with van der Waals surface area (Å²) in [7, 11) is 1.61. The summed E-state index contributed by atoms with van der Waals surface area (Å²) in [6, 6.07) is 4.51. The number of carbonyl (C=O) groups is 1. The number of benzene rings is 1. The van der Waals surface area contributed by atoms with Crippen LogP contribution in [0.1, 0.15) is 88.1 Å². The van der Waals surface area contributed by atoms with E-state index in [2.05, 4.69) is 15.9 Å². The van der Waals surface area contributed by atoms with Crippen LogP contribution in [0.4, 0.5) is 15.0 Å². The molecular formula is C37H49ClFN5O5. The van der Waals surface area contributed by atoms with E-state index >= 15 is 0 Å². The molecule has 266 valence electrons. The van der Waals surface area contributed by atoms with Crippen molar-refractivity contribution in [3.63, 3.8) is 0 Å². The zero-order chi connectivity index (χ0) is 34.1. The van der Waals surface area contributed by atoms with Gasteiger partial charge in [-0.3, -0.25) is 9.80 Å². The Morgan fingerprint density at radius 2 is 1.80 bits per heavy atom. The fourth-order valence-corrected chi connectivity index (χ4v) is 10.1. The van der Waals surface area contributed by atoms with E-state index < -0.39 is 11.8 Å². The van der Waals surface area contributed by atoms with Crippen molar-refractivity contribution in [1.82, 2.24) is 19.8 Å². The number of hydrogen-bond acceptors (Lipinski definition) is 9. The van der Waals surface area contributed by atoms with E-state index in [1.165, 1.54) is 16.7 Å². The molecule has 3 unspecified atom stereocenters. The Morgan fingerprint density at radius 1 is 1.04 bits per heavy atom. The number of piperazine rings is 1. The number of hydrogen-bond donors (Lipinski definition) is 0. The lowest BCUT2D eigenvalue weighted by Gasteiger charge is -2.43. The number of carbonyl (C=O) groups excluding carboxylic acids is 1. The molecule has 4 aliphatic heterocycles. The molecule has 5 heterocycles.